The lowest BCUT2D eigenvalue weighted by Crippen LogP contribution is -2.49. The van der Waals surface area contributed by atoms with Crippen molar-refractivity contribution >= 4 is 17.5 Å². The monoisotopic (exact) mass is 536 g/mol. The van der Waals surface area contributed by atoms with Gasteiger partial charge in [-0.3, -0.25) is 4.90 Å². The van der Waals surface area contributed by atoms with Gasteiger partial charge in [0.05, 0.1) is 24.5 Å². The Morgan fingerprint density at radius 2 is 1.77 bits per heavy atom. The molecule has 8 nitrogen and oxygen atoms in total. The van der Waals surface area contributed by atoms with Gasteiger partial charge in [-0.25, -0.2) is 13.9 Å². The number of aromatic nitrogens is 2. The molecule has 3 aromatic rings. The first-order chi connectivity index (χ1) is 18.7. The number of piperazine rings is 1. The Balaban J connectivity index is 1.65. The first kappa shape index (κ1) is 28.4. The molecule has 1 fully saturated rings. The van der Waals surface area contributed by atoms with Crippen molar-refractivity contribution < 1.29 is 13.9 Å². The summed E-state index contributed by atoms with van der Waals surface area (Å²) in [4.78, 5) is 20.1. The number of nitrogens with zero attached hydrogens (tertiary/aromatic N) is 5. The molecule has 2 aromatic carbocycles. The minimum absolute atomic E-state index is 0.0599. The number of anilines is 2. The molecule has 0 unspecified atom stereocenters. The predicted octanol–water partition coefficient (Wildman–Crippen LogP) is 5.69. The highest BCUT2D eigenvalue weighted by molar-refractivity contribution is 5.89. The van der Waals surface area contributed by atoms with Crippen molar-refractivity contribution in [2.75, 3.05) is 43.0 Å². The third kappa shape index (κ3) is 6.71. The van der Waals surface area contributed by atoms with Crippen LogP contribution in [0.15, 0.2) is 48.5 Å². The van der Waals surface area contributed by atoms with Gasteiger partial charge in [-0.1, -0.05) is 6.07 Å². The van der Waals surface area contributed by atoms with Crippen LogP contribution in [0, 0.1) is 12.7 Å². The third-order valence-corrected chi connectivity index (χ3v) is 7.18. The summed E-state index contributed by atoms with van der Waals surface area (Å²) < 4.78 is 21.6. The van der Waals surface area contributed by atoms with E-state index in [-0.39, 0.29) is 17.9 Å². The SMILES string of the molecule is CCOc1ccc(NC(=O)N(Cc2c(C)nn(-c3cccc(F)c3)c2N2CCN(C(C)C)CC2)C(C)C)cc1. The van der Waals surface area contributed by atoms with Crippen LogP contribution in [0.3, 0.4) is 0 Å². The molecule has 0 atom stereocenters. The normalized spacial score (nSPS) is 14.2. The van der Waals surface area contributed by atoms with E-state index in [4.69, 9.17) is 9.84 Å². The molecule has 0 aliphatic carbocycles. The van der Waals surface area contributed by atoms with E-state index in [1.807, 2.05) is 67.6 Å². The number of urea groups is 1. The van der Waals surface area contributed by atoms with Crippen molar-refractivity contribution in [1.29, 1.82) is 0 Å². The maximum atomic E-state index is 14.2. The lowest BCUT2D eigenvalue weighted by atomic mass is 10.1. The number of aryl methyl sites for hydroxylation is 1. The average molecular weight is 537 g/mol. The summed E-state index contributed by atoms with van der Waals surface area (Å²) in [6, 6.07) is 14.1. The molecule has 0 radical (unpaired) electrons. The Hall–Kier alpha value is -3.59. The van der Waals surface area contributed by atoms with Gasteiger partial charge in [-0.15, -0.1) is 0 Å². The maximum Gasteiger partial charge on any atom is 0.322 e. The van der Waals surface area contributed by atoms with E-state index in [0.717, 1.165) is 49.0 Å². The van der Waals surface area contributed by atoms with Crippen LogP contribution in [0.2, 0.25) is 0 Å². The lowest BCUT2D eigenvalue weighted by molar-refractivity contribution is 0.193. The molecule has 1 aromatic heterocycles. The summed E-state index contributed by atoms with van der Waals surface area (Å²) >= 11 is 0. The van der Waals surface area contributed by atoms with E-state index >= 15 is 0 Å². The van der Waals surface area contributed by atoms with E-state index in [1.165, 1.54) is 12.1 Å². The summed E-state index contributed by atoms with van der Waals surface area (Å²) in [5.74, 6) is 1.37. The fourth-order valence-corrected chi connectivity index (χ4v) is 4.95. The molecule has 1 aliphatic heterocycles. The number of hydrogen-bond donors (Lipinski definition) is 1. The Morgan fingerprint density at radius 1 is 1.08 bits per heavy atom. The largest absolute Gasteiger partial charge is 0.494 e. The molecule has 9 heteroatoms. The summed E-state index contributed by atoms with van der Waals surface area (Å²) in [7, 11) is 0. The van der Waals surface area contributed by atoms with Crippen molar-refractivity contribution in [3.8, 4) is 11.4 Å². The van der Waals surface area contributed by atoms with Crippen LogP contribution in [0.1, 0.15) is 45.9 Å². The van der Waals surface area contributed by atoms with Gasteiger partial charge in [0.1, 0.15) is 17.4 Å². The second-order valence-corrected chi connectivity index (χ2v) is 10.5. The number of hydrogen-bond acceptors (Lipinski definition) is 5. The lowest BCUT2D eigenvalue weighted by Gasteiger charge is -2.39. The van der Waals surface area contributed by atoms with Gasteiger partial charge in [0.15, 0.2) is 0 Å². The van der Waals surface area contributed by atoms with Gasteiger partial charge in [-0.05, 0) is 84.0 Å². The zero-order chi connectivity index (χ0) is 28.1. The predicted molar refractivity (Wildman–Crippen MR) is 154 cm³/mol. The van der Waals surface area contributed by atoms with Crippen LogP contribution in [-0.4, -0.2) is 70.5 Å². The molecular weight excluding hydrogens is 495 g/mol. The minimum Gasteiger partial charge on any atom is -0.494 e. The molecule has 0 spiro atoms. The Morgan fingerprint density at radius 3 is 2.36 bits per heavy atom. The molecule has 1 N–H and O–H groups in total. The highest BCUT2D eigenvalue weighted by Gasteiger charge is 2.29. The van der Waals surface area contributed by atoms with E-state index in [0.29, 0.717) is 30.6 Å². The molecule has 1 aliphatic rings. The Bertz CT molecular complexity index is 1250. The standard InChI is InChI=1S/C30H41FN6O2/c1-7-39-27-13-11-25(12-14-27)32-30(38)36(22(4)5)20-28-23(6)33-37(26-10-8-9-24(31)19-26)29(28)35-17-15-34(16-18-35)21(2)3/h8-14,19,21-22H,7,15-18,20H2,1-6H3,(H,32,38). The van der Waals surface area contributed by atoms with Crippen LogP contribution in [0.25, 0.3) is 5.69 Å². The minimum atomic E-state index is -0.309. The zero-order valence-corrected chi connectivity index (χ0v) is 23.9. The molecule has 1 saturated heterocycles. The number of rotatable bonds is 9. The van der Waals surface area contributed by atoms with Crippen molar-refractivity contribution in [3.05, 3.63) is 65.6 Å². The second kappa shape index (κ2) is 12.5. The number of amides is 2. The maximum absolute atomic E-state index is 14.2. The van der Waals surface area contributed by atoms with E-state index in [9.17, 15) is 9.18 Å². The zero-order valence-electron chi connectivity index (χ0n) is 23.9. The van der Waals surface area contributed by atoms with Crippen LogP contribution in [0.5, 0.6) is 5.75 Å². The molecular formula is C30H41FN6O2. The van der Waals surface area contributed by atoms with Gasteiger partial charge in [0.2, 0.25) is 0 Å². The quantitative estimate of drug-likeness (QED) is 0.381. The number of nitrogens with one attached hydrogen (secondary N) is 1. The van der Waals surface area contributed by atoms with Gasteiger partial charge >= 0.3 is 6.03 Å². The first-order valence-corrected chi connectivity index (χ1v) is 13.8. The van der Waals surface area contributed by atoms with Gasteiger partial charge in [0.25, 0.3) is 0 Å². The fourth-order valence-electron chi connectivity index (χ4n) is 4.95. The van der Waals surface area contributed by atoms with E-state index in [1.54, 1.807) is 6.07 Å². The number of benzene rings is 2. The number of carbonyl (C=O) groups is 1. The Labute approximate surface area is 231 Å². The van der Waals surface area contributed by atoms with Crippen molar-refractivity contribution in [1.82, 2.24) is 19.6 Å². The van der Waals surface area contributed by atoms with Crippen LogP contribution in [-0.2, 0) is 6.54 Å². The number of ether oxygens (including phenoxy) is 1. The van der Waals surface area contributed by atoms with E-state index < -0.39 is 0 Å². The highest BCUT2D eigenvalue weighted by atomic mass is 19.1. The smallest absolute Gasteiger partial charge is 0.322 e. The van der Waals surface area contributed by atoms with Crippen molar-refractivity contribution in [3.63, 3.8) is 0 Å². The summed E-state index contributed by atoms with van der Waals surface area (Å²) in [5, 5.41) is 7.89. The topological polar surface area (TPSA) is 65.9 Å². The first-order valence-electron chi connectivity index (χ1n) is 13.8. The molecule has 0 saturated carbocycles. The van der Waals surface area contributed by atoms with Crippen LogP contribution < -0.4 is 15.0 Å². The number of carbonyl (C=O) groups excluding carboxylic acids is 1. The summed E-state index contributed by atoms with van der Waals surface area (Å²) in [5.41, 5.74) is 3.15. The van der Waals surface area contributed by atoms with Crippen LogP contribution >= 0.6 is 0 Å². The van der Waals surface area contributed by atoms with Crippen molar-refractivity contribution in [2.45, 2.75) is 60.2 Å². The molecule has 0 bridgehead atoms. The summed E-state index contributed by atoms with van der Waals surface area (Å²) in [6.07, 6.45) is 0. The highest BCUT2D eigenvalue weighted by Crippen LogP contribution is 2.31. The average Bonchev–Trinajstić information content (AvgIpc) is 3.24. The Kier molecular flexibility index (Phi) is 9.12. The van der Waals surface area contributed by atoms with Gasteiger partial charge in [0, 0.05) is 49.5 Å². The van der Waals surface area contributed by atoms with Gasteiger partial charge < -0.3 is 19.9 Å². The third-order valence-electron chi connectivity index (χ3n) is 7.18. The van der Waals surface area contributed by atoms with Crippen molar-refractivity contribution in [2.24, 2.45) is 0 Å². The fraction of sp³-hybridized carbons (Fsp3) is 0.467. The molecule has 210 valence electrons. The molecule has 39 heavy (non-hydrogen) atoms. The molecule has 4 rings (SSSR count). The molecule has 2 heterocycles. The van der Waals surface area contributed by atoms with Crippen LogP contribution in [0.4, 0.5) is 20.7 Å². The molecule has 2 amide bonds. The van der Waals surface area contributed by atoms with E-state index in [2.05, 4.69) is 29.0 Å². The summed E-state index contributed by atoms with van der Waals surface area (Å²) in [6.45, 7) is 16.8. The van der Waals surface area contributed by atoms with Gasteiger partial charge in [-0.2, -0.15) is 5.10 Å². The second-order valence-electron chi connectivity index (χ2n) is 10.5. The number of halogens is 1.